The molecular weight excluding hydrogens is 244 g/mol. The predicted octanol–water partition coefficient (Wildman–Crippen LogP) is 4.37. The maximum Gasteiger partial charge on any atom is 0.0366 e. The molecule has 2 heteroatoms. The van der Waals surface area contributed by atoms with Crippen molar-refractivity contribution in [2.24, 2.45) is 5.41 Å². The molecule has 20 heavy (non-hydrogen) atoms. The number of anilines is 1. The molecule has 1 aromatic carbocycles. The van der Waals surface area contributed by atoms with Gasteiger partial charge in [0.25, 0.3) is 0 Å². The minimum Gasteiger partial charge on any atom is -0.370 e. The Bertz CT molecular complexity index is 398. The Kier molecular flexibility index (Phi) is 5.09. The molecule has 1 atom stereocenters. The zero-order valence-corrected chi connectivity index (χ0v) is 13.6. The van der Waals surface area contributed by atoms with E-state index < -0.39 is 0 Å². The molecule has 1 fully saturated rings. The average Bonchev–Trinajstić information content (AvgIpc) is 2.45. The second-order valence-corrected chi connectivity index (χ2v) is 6.33. The third-order valence-electron chi connectivity index (χ3n) is 5.01. The summed E-state index contributed by atoms with van der Waals surface area (Å²) in [4.78, 5) is 2.51. The van der Waals surface area contributed by atoms with Gasteiger partial charge < -0.3 is 10.2 Å². The van der Waals surface area contributed by atoms with Crippen molar-refractivity contribution in [3.05, 3.63) is 29.8 Å². The number of benzene rings is 1. The largest absolute Gasteiger partial charge is 0.370 e. The van der Waals surface area contributed by atoms with E-state index >= 15 is 0 Å². The van der Waals surface area contributed by atoms with E-state index in [1.165, 1.54) is 43.6 Å². The lowest BCUT2D eigenvalue weighted by atomic mass is 9.75. The highest BCUT2D eigenvalue weighted by molar-refractivity contribution is 5.51. The molecule has 1 aliphatic heterocycles. The topological polar surface area (TPSA) is 15.3 Å². The van der Waals surface area contributed by atoms with Crippen LogP contribution in [0.3, 0.4) is 0 Å². The molecule has 1 aromatic rings. The van der Waals surface area contributed by atoms with Crippen LogP contribution in [-0.2, 0) is 0 Å². The molecule has 0 radical (unpaired) electrons. The molecule has 2 nitrogen and oxygen atoms in total. The fourth-order valence-corrected chi connectivity index (χ4v) is 3.10. The highest BCUT2D eigenvalue weighted by Crippen LogP contribution is 2.39. The van der Waals surface area contributed by atoms with Crippen LogP contribution in [0.1, 0.15) is 58.6 Å². The molecule has 0 aromatic heterocycles. The van der Waals surface area contributed by atoms with Crippen LogP contribution < -0.4 is 10.2 Å². The van der Waals surface area contributed by atoms with E-state index in [2.05, 4.69) is 62.2 Å². The van der Waals surface area contributed by atoms with Crippen molar-refractivity contribution in [3.8, 4) is 0 Å². The van der Waals surface area contributed by atoms with Crippen LogP contribution in [0.5, 0.6) is 0 Å². The summed E-state index contributed by atoms with van der Waals surface area (Å²) < 4.78 is 0. The Labute approximate surface area is 124 Å². The van der Waals surface area contributed by atoms with Gasteiger partial charge in [-0.2, -0.15) is 0 Å². The monoisotopic (exact) mass is 274 g/mol. The zero-order valence-electron chi connectivity index (χ0n) is 13.6. The highest BCUT2D eigenvalue weighted by atomic mass is 15.2. The first-order valence-electron chi connectivity index (χ1n) is 8.22. The van der Waals surface area contributed by atoms with Gasteiger partial charge in [0, 0.05) is 30.2 Å². The van der Waals surface area contributed by atoms with E-state index in [-0.39, 0.29) is 0 Å². The smallest absolute Gasteiger partial charge is 0.0366 e. The molecule has 2 rings (SSSR count). The maximum atomic E-state index is 3.54. The summed E-state index contributed by atoms with van der Waals surface area (Å²) >= 11 is 0. The molecule has 1 N–H and O–H groups in total. The van der Waals surface area contributed by atoms with E-state index in [4.69, 9.17) is 0 Å². The van der Waals surface area contributed by atoms with Gasteiger partial charge in [-0.25, -0.2) is 0 Å². The number of nitrogens with one attached hydrogen (secondary N) is 1. The fourth-order valence-electron chi connectivity index (χ4n) is 3.10. The lowest BCUT2D eigenvalue weighted by Crippen LogP contribution is -2.55. The fraction of sp³-hybridized carbons (Fsp3) is 0.667. The molecule has 0 bridgehead atoms. The van der Waals surface area contributed by atoms with Gasteiger partial charge in [0.05, 0.1) is 0 Å². The van der Waals surface area contributed by atoms with Crippen molar-refractivity contribution in [2.45, 2.75) is 53.0 Å². The molecule has 0 amide bonds. The number of nitrogens with zero attached hydrogens (tertiary/aromatic N) is 1. The van der Waals surface area contributed by atoms with E-state index in [0.29, 0.717) is 11.5 Å². The van der Waals surface area contributed by atoms with Crippen LogP contribution in [0.25, 0.3) is 0 Å². The molecular formula is C18H30N2. The van der Waals surface area contributed by atoms with E-state index in [0.717, 1.165) is 6.54 Å². The SMILES string of the molecule is CCCNC(C)c1ccc(N2CC(CC)(CC)C2)cc1. The molecule has 0 saturated carbocycles. The van der Waals surface area contributed by atoms with Gasteiger partial charge in [0.2, 0.25) is 0 Å². The Morgan fingerprint density at radius 2 is 1.70 bits per heavy atom. The normalized spacial score (nSPS) is 18.7. The van der Waals surface area contributed by atoms with Gasteiger partial charge in [-0.15, -0.1) is 0 Å². The van der Waals surface area contributed by atoms with Crippen LogP contribution in [0.15, 0.2) is 24.3 Å². The summed E-state index contributed by atoms with van der Waals surface area (Å²) in [6.45, 7) is 12.6. The van der Waals surface area contributed by atoms with Crippen LogP contribution in [0.4, 0.5) is 5.69 Å². The average molecular weight is 274 g/mol. The third kappa shape index (κ3) is 3.17. The van der Waals surface area contributed by atoms with Crippen molar-refractivity contribution < 1.29 is 0 Å². The van der Waals surface area contributed by atoms with Crippen molar-refractivity contribution in [1.82, 2.24) is 5.32 Å². The number of rotatable bonds is 7. The second kappa shape index (κ2) is 6.62. The Morgan fingerprint density at radius 1 is 1.10 bits per heavy atom. The number of hydrogen-bond donors (Lipinski definition) is 1. The minimum absolute atomic E-state index is 0.450. The standard InChI is InChI=1S/C18H30N2/c1-5-12-19-15(4)16-8-10-17(11-9-16)20-13-18(6-2,7-3)14-20/h8-11,15,19H,5-7,12-14H2,1-4H3. The summed E-state index contributed by atoms with van der Waals surface area (Å²) in [6, 6.07) is 9.58. The quantitative estimate of drug-likeness (QED) is 0.794. The molecule has 1 heterocycles. The van der Waals surface area contributed by atoms with Gasteiger partial charge in [0.15, 0.2) is 0 Å². The summed E-state index contributed by atoms with van der Waals surface area (Å²) in [5, 5.41) is 3.54. The first-order chi connectivity index (χ1) is 9.64. The van der Waals surface area contributed by atoms with Crippen molar-refractivity contribution in [3.63, 3.8) is 0 Å². The molecule has 1 saturated heterocycles. The second-order valence-electron chi connectivity index (χ2n) is 6.33. The molecule has 1 unspecified atom stereocenters. The molecule has 0 spiro atoms. The Morgan fingerprint density at radius 3 is 2.20 bits per heavy atom. The maximum absolute atomic E-state index is 3.54. The highest BCUT2D eigenvalue weighted by Gasteiger charge is 2.39. The lowest BCUT2D eigenvalue weighted by molar-refractivity contribution is 0.194. The van der Waals surface area contributed by atoms with Gasteiger partial charge in [-0.05, 0) is 50.4 Å². The van der Waals surface area contributed by atoms with Gasteiger partial charge in [0.1, 0.15) is 0 Å². The number of hydrogen-bond acceptors (Lipinski definition) is 2. The Balaban J connectivity index is 1.93. The van der Waals surface area contributed by atoms with E-state index in [1.807, 2.05) is 0 Å². The molecule has 0 aliphatic carbocycles. The summed E-state index contributed by atoms with van der Waals surface area (Å²) in [7, 11) is 0. The van der Waals surface area contributed by atoms with Crippen LogP contribution in [0.2, 0.25) is 0 Å². The Hall–Kier alpha value is -1.02. The predicted molar refractivity (Wildman–Crippen MR) is 88.4 cm³/mol. The van der Waals surface area contributed by atoms with E-state index in [9.17, 15) is 0 Å². The molecule has 1 aliphatic rings. The summed E-state index contributed by atoms with van der Waals surface area (Å²) in [5.74, 6) is 0. The van der Waals surface area contributed by atoms with Gasteiger partial charge in [-0.1, -0.05) is 32.9 Å². The van der Waals surface area contributed by atoms with Crippen molar-refractivity contribution >= 4 is 5.69 Å². The summed E-state index contributed by atoms with van der Waals surface area (Å²) in [6.07, 6.45) is 3.79. The van der Waals surface area contributed by atoms with Crippen LogP contribution in [-0.4, -0.2) is 19.6 Å². The van der Waals surface area contributed by atoms with Crippen LogP contribution in [0, 0.1) is 5.41 Å². The first kappa shape index (κ1) is 15.4. The van der Waals surface area contributed by atoms with Gasteiger partial charge in [-0.3, -0.25) is 0 Å². The zero-order chi connectivity index (χ0) is 14.6. The summed E-state index contributed by atoms with van der Waals surface area (Å²) in [5.41, 5.74) is 3.35. The lowest BCUT2D eigenvalue weighted by Gasteiger charge is -2.51. The molecule has 112 valence electrons. The van der Waals surface area contributed by atoms with E-state index in [1.54, 1.807) is 0 Å². The van der Waals surface area contributed by atoms with Gasteiger partial charge >= 0.3 is 0 Å². The third-order valence-corrected chi connectivity index (χ3v) is 5.01. The minimum atomic E-state index is 0.450. The van der Waals surface area contributed by atoms with Crippen molar-refractivity contribution in [1.29, 1.82) is 0 Å². The van der Waals surface area contributed by atoms with Crippen molar-refractivity contribution in [2.75, 3.05) is 24.5 Å². The first-order valence-corrected chi connectivity index (χ1v) is 8.22. The van der Waals surface area contributed by atoms with Crippen LogP contribution >= 0.6 is 0 Å².